The van der Waals surface area contributed by atoms with Gasteiger partial charge in [0.2, 0.25) is 0 Å². The Bertz CT molecular complexity index is 79.3. The number of hydrogen-bond acceptors (Lipinski definition) is 2. The molecule has 1 rings (SSSR count). The normalized spacial score (nSPS) is 26.7. The maximum atomic E-state index is 5.00. The van der Waals surface area contributed by atoms with E-state index in [1.165, 1.54) is 12.8 Å². The highest BCUT2D eigenvalue weighted by atomic mass is 16.5. The summed E-state index contributed by atoms with van der Waals surface area (Å²) in [6, 6.07) is 0. The van der Waals surface area contributed by atoms with E-state index in [1.807, 2.05) is 0 Å². The van der Waals surface area contributed by atoms with Gasteiger partial charge in [-0.25, -0.2) is 0 Å². The second-order valence-corrected chi connectivity index (χ2v) is 2.77. The van der Waals surface area contributed by atoms with Crippen LogP contribution in [0.3, 0.4) is 0 Å². The topological polar surface area (TPSA) is 21.3 Å². The van der Waals surface area contributed by atoms with Crippen molar-refractivity contribution in [3.8, 4) is 0 Å². The molecule has 1 heterocycles. The van der Waals surface area contributed by atoms with Gasteiger partial charge in [0, 0.05) is 13.7 Å². The molecular weight excluding hydrogens is 126 g/mol. The SMILES string of the molecule is COCCC1[CH]CCNC1. The standard InChI is InChI=1S/C8H16NO/c1-10-6-4-8-3-2-5-9-7-8/h3,8-9H,2,4-7H2,1H3. The Morgan fingerprint density at radius 2 is 2.60 bits per heavy atom. The molecule has 10 heavy (non-hydrogen) atoms. The molecule has 1 aliphatic rings. The Kier molecular flexibility index (Phi) is 3.76. The summed E-state index contributed by atoms with van der Waals surface area (Å²) >= 11 is 0. The van der Waals surface area contributed by atoms with Gasteiger partial charge in [0.15, 0.2) is 0 Å². The van der Waals surface area contributed by atoms with Gasteiger partial charge in [0.1, 0.15) is 0 Å². The minimum Gasteiger partial charge on any atom is -0.385 e. The molecule has 0 aliphatic carbocycles. The van der Waals surface area contributed by atoms with Gasteiger partial charge in [0.25, 0.3) is 0 Å². The highest BCUT2D eigenvalue weighted by Crippen LogP contribution is 2.11. The lowest BCUT2D eigenvalue weighted by molar-refractivity contribution is 0.178. The average molecular weight is 142 g/mol. The summed E-state index contributed by atoms with van der Waals surface area (Å²) in [6.45, 7) is 3.19. The van der Waals surface area contributed by atoms with Gasteiger partial charge >= 0.3 is 0 Å². The minimum atomic E-state index is 0.744. The number of rotatable bonds is 3. The molecule has 2 nitrogen and oxygen atoms in total. The zero-order chi connectivity index (χ0) is 7.23. The van der Waals surface area contributed by atoms with Crippen molar-refractivity contribution in [3.63, 3.8) is 0 Å². The fourth-order valence-electron chi connectivity index (χ4n) is 1.28. The molecule has 0 saturated carbocycles. The van der Waals surface area contributed by atoms with Crippen molar-refractivity contribution in [2.45, 2.75) is 12.8 Å². The summed E-state index contributed by atoms with van der Waals surface area (Å²) in [5.74, 6) is 0.744. The highest BCUT2D eigenvalue weighted by molar-refractivity contribution is 4.83. The molecule has 1 saturated heterocycles. The molecule has 59 valence electrons. The Morgan fingerprint density at radius 1 is 1.70 bits per heavy atom. The fraction of sp³-hybridized carbons (Fsp3) is 0.875. The smallest absolute Gasteiger partial charge is 0.0465 e. The summed E-state index contributed by atoms with van der Waals surface area (Å²) in [5.41, 5.74) is 0. The quantitative estimate of drug-likeness (QED) is 0.630. The lowest BCUT2D eigenvalue weighted by Gasteiger charge is -2.21. The molecule has 1 unspecified atom stereocenters. The van der Waals surface area contributed by atoms with Crippen molar-refractivity contribution in [2.24, 2.45) is 5.92 Å². The summed E-state index contributed by atoms with van der Waals surface area (Å²) in [4.78, 5) is 0. The van der Waals surface area contributed by atoms with Crippen LogP contribution >= 0.6 is 0 Å². The van der Waals surface area contributed by atoms with E-state index in [0.717, 1.165) is 25.6 Å². The Morgan fingerprint density at radius 3 is 3.20 bits per heavy atom. The van der Waals surface area contributed by atoms with Crippen LogP contribution < -0.4 is 5.32 Å². The van der Waals surface area contributed by atoms with Crippen LogP contribution in [0.2, 0.25) is 0 Å². The van der Waals surface area contributed by atoms with E-state index in [2.05, 4.69) is 11.7 Å². The van der Waals surface area contributed by atoms with Gasteiger partial charge in [-0.3, -0.25) is 0 Å². The maximum Gasteiger partial charge on any atom is 0.0465 e. The van der Waals surface area contributed by atoms with E-state index in [0.29, 0.717) is 0 Å². The lowest BCUT2D eigenvalue weighted by atomic mass is 9.97. The number of methoxy groups -OCH3 is 1. The second-order valence-electron chi connectivity index (χ2n) is 2.77. The molecule has 0 aromatic heterocycles. The van der Waals surface area contributed by atoms with Crippen LogP contribution in [-0.2, 0) is 4.74 Å². The third-order valence-corrected chi connectivity index (χ3v) is 1.92. The van der Waals surface area contributed by atoms with Gasteiger partial charge in [-0.15, -0.1) is 0 Å². The van der Waals surface area contributed by atoms with Crippen molar-refractivity contribution in [1.29, 1.82) is 0 Å². The summed E-state index contributed by atoms with van der Waals surface area (Å²) in [5, 5.41) is 3.36. The Labute approximate surface area is 63.0 Å². The molecule has 1 atom stereocenters. The van der Waals surface area contributed by atoms with Crippen molar-refractivity contribution < 1.29 is 4.74 Å². The molecule has 1 radical (unpaired) electrons. The van der Waals surface area contributed by atoms with Gasteiger partial charge in [-0.05, 0) is 38.3 Å². The van der Waals surface area contributed by atoms with Gasteiger partial charge in [-0.2, -0.15) is 0 Å². The highest BCUT2D eigenvalue weighted by Gasteiger charge is 2.11. The fourth-order valence-corrected chi connectivity index (χ4v) is 1.28. The van der Waals surface area contributed by atoms with Crippen molar-refractivity contribution in [3.05, 3.63) is 6.42 Å². The van der Waals surface area contributed by atoms with Crippen LogP contribution in [-0.4, -0.2) is 26.8 Å². The van der Waals surface area contributed by atoms with Crippen LogP contribution in [0.1, 0.15) is 12.8 Å². The molecule has 0 spiro atoms. The van der Waals surface area contributed by atoms with Crippen LogP contribution in [0.5, 0.6) is 0 Å². The molecule has 0 amide bonds. The first-order valence-corrected chi connectivity index (χ1v) is 3.96. The van der Waals surface area contributed by atoms with Crippen molar-refractivity contribution >= 4 is 0 Å². The first kappa shape index (κ1) is 8.02. The summed E-state index contributed by atoms with van der Waals surface area (Å²) in [7, 11) is 1.76. The van der Waals surface area contributed by atoms with E-state index in [-0.39, 0.29) is 0 Å². The van der Waals surface area contributed by atoms with E-state index >= 15 is 0 Å². The average Bonchev–Trinajstić information content (AvgIpc) is 2.03. The van der Waals surface area contributed by atoms with Crippen LogP contribution in [0.15, 0.2) is 0 Å². The lowest BCUT2D eigenvalue weighted by Crippen LogP contribution is -2.30. The van der Waals surface area contributed by atoms with Crippen LogP contribution in [0.25, 0.3) is 0 Å². The second kappa shape index (κ2) is 4.69. The van der Waals surface area contributed by atoms with E-state index < -0.39 is 0 Å². The van der Waals surface area contributed by atoms with Crippen LogP contribution in [0, 0.1) is 12.3 Å². The van der Waals surface area contributed by atoms with Gasteiger partial charge < -0.3 is 10.1 Å². The third-order valence-electron chi connectivity index (χ3n) is 1.92. The third kappa shape index (κ3) is 2.67. The van der Waals surface area contributed by atoms with E-state index in [4.69, 9.17) is 4.74 Å². The zero-order valence-electron chi connectivity index (χ0n) is 6.60. The summed E-state index contributed by atoms with van der Waals surface area (Å²) in [6.07, 6.45) is 4.79. The van der Waals surface area contributed by atoms with Gasteiger partial charge in [-0.1, -0.05) is 0 Å². The molecule has 0 aromatic carbocycles. The number of nitrogens with one attached hydrogen (secondary N) is 1. The maximum absolute atomic E-state index is 5.00. The largest absolute Gasteiger partial charge is 0.385 e. The Hall–Kier alpha value is -0.0800. The predicted octanol–water partition coefficient (Wildman–Crippen LogP) is 0.837. The first-order chi connectivity index (χ1) is 4.93. The van der Waals surface area contributed by atoms with Crippen LogP contribution in [0.4, 0.5) is 0 Å². The number of piperidine rings is 1. The number of ether oxygens (including phenoxy) is 1. The Balaban J connectivity index is 2.02. The zero-order valence-corrected chi connectivity index (χ0v) is 6.60. The van der Waals surface area contributed by atoms with E-state index in [9.17, 15) is 0 Å². The molecule has 1 fully saturated rings. The summed E-state index contributed by atoms with van der Waals surface area (Å²) < 4.78 is 5.00. The van der Waals surface area contributed by atoms with Crippen molar-refractivity contribution in [1.82, 2.24) is 5.32 Å². The predicted molar refractivity (Wildman–Crippen MR) is 41.8 cm³/mol. The van der Waals surface area contributed by atoms with Gasteiger partial charge in [0.05, 0.1) is 0 Å². The molecule has 0 aromatic rings. The minimum absolute atomic E-state index is 0.744. The monoisotopic (exact) mass is 142 g/mol. The molecule has 1 N–H and O–H groups in total. The first-order valence-electron chi connectivity index (χ1n) is 3.96. The van der Waals surface area contributed by atoms with Crippen molar-refractivity contribution in [2.75, 3.05) is 26.8 Å². The molecule has 2 heteroatoms. The number of hydrogen-bond donors (Lipinski definition) is 1. The molecular formula is C8H16NO. The van der Waals surface area contributed by atoms with E-state index in [1.54, 1.807) is 7.11 Å². The molecule has 1 aliphatic heterocycles. The molecule has 0 bridgehead atoms.